The maximum absolute atomic E-state index is 12.3. The van der Waals surface area contributed by atoms with Crippen LogP contribution in [0.5, 0.6) is 5.75 Å². The third kappa shape index (κ3) is 3.93. The average Bonchev–Trinajstić information content (AvgIpc) is 2.54. The minimum atomic E-state index is -4.74. The van der Waals surface area contributed by atoms with Crippen molar-refractivity contribution >= 4 is 16.6 Å². The number of Topliss-reactive ketones (excluding diaryl/α,β-unsaturated/α-hetero) is 1. The van der Waals surface area contributed by atoms with Gasteiger partial charge in [0.15, 0.2) is 5.78 Å². The molecule has 3 rings (SSSR count). The Balaban J connectivity index is 1.73. The van der Waals surface area contributed by atoms with Crippen molar-refractivity contribution in [1.29, 1.82) is 0 Å². The number of carbonyl (C=O) groups excluding carboxylic acids is 1. The maximum atomic E-state index is 12.3. The lowest BCUT2D eigenvalue weighted by atomic mass is 10.0. The molecule has 0 spiro atoms. The molecule has 2 nitrogen and oxygen atoms in total. The Labute approximate surface area is 136 Å². The molecule has 0 aliphatic rings. The number of alkyl halides is 3. The van der Waals surface area contributed by atoms with Gasteiger partial charge in [0.05, 0.1) is 0 Å². The van der Waals surface area contributed by atoms with E-state index in [1.165, 1.54) is 12.1 Å². The summed E-state index contributed by atoms with van der Waals surface area (Å²) in [6.07, 6.45) is -4.55. The van der Waals surface area contributed by atoms with Crippen LogP contribution in [0.1, 0.15) is 15.9 Å². The van der Waals surface area contributed by atoms with E-state index >= 15 is 0 Å². The van der Waals surface area contributed by atoms with Crippen molar-refractivity contribution in [2.24, 2.45) is 0 Å². The summed E-state index contributed by atoms with van der Waals surface area (Å²) in [4.78, 5) is 12.3. The Morgan fingerprint density at radius 2 is 1.54 bits per heavy atom. The van der Waals surface area contributed by atoms with Crippen molar-refractivity contribution in [2.45, 2.75) is 12.8 Å². The highest BCUT2D eigenvalue weighted by molar-refractivity contribution is 5.98. The average molecular weight is 330 g/mol. The minimum absolute atomic E-state index is 0.163. The van der Waals surface area contributed by atoms with Gasteiger partial charge in [-0.2, -0.15) is 0 Å². The Kier molecular flexibility index (Phi) is 4.25. The summed E-state index contributed by atoms with van der Waals surface area (Å²) >= 11 is 0. The van der Waals surface area contributed by atoms with Crippen LogP contribution in [0.3, 0.4) is 0 Å². The van der Waals surface area contributed by atoms with E-state index in [1.54, 1.807) is 0 Å². The molecular formula is C19H13F3O2. The number of carbonyl (C=O) groups is 1. The van der Waals surface area contributed by atoms with E-state index in [2.05, 4.69) is 4.74 Å². The van der Waals surface area contributed by atoms with Crippen LogP contribution in [0.15, 0.2) is 66.7 Å². The molecule has 0 unspecified atom stereocenters. The number of hydrogen-bond acceptors (Lipinski definition) is 2. The van der Waals surface area contributed by atoms with Crippen molar-refractivity contribution in [3.63, 3.8) is 0 Å². The first-order valence-corrected chi connectivity index (χ1v) is 7.27. The standard InChI is InChI=1S/C19H13F3O2/c20-19(21,22)24-17-9-7-15(8-10-17)18(23)12-13-5-6-14-3-1-2-4-16(14)11-13/h1-11H,12H2. The van der Waals surface area contributed by atoms with E-state index in [-0.39, 0.29) is 18.0 Å². The van der Waals surface area contributed by atoms with Crippen LogP contribution < -0.4 is 4.74 Å². The molecule has 0 fully saturated rings. The van der Waals surface area contributed by atoms with Gasteiger partial charge >= 0.3 is 6.36 Å². The molecule has 3 aromatic carbocycles. The Morgan fingerprint density at radius 3 is 2.21 bits per heavy atom. The van der Waals surface area contributed by atoms with E-state index in [1.807, 2.05) is 42.5 Å². The normalized spacial score (nSPS) is 11.5. The zero-order chi connectivity index (χ0) is 17.2. The second-order valence-electron chi connectivity index (χ2n) is 5.35. The summed E-state index contributed by atoms with van der Waals surface area (Å²) in [5, 5.41) is 2.12. The van der Waals surface area contributed by atoms with Gasteiger partial charge in [-0.25, -0.2) is 0 Å². The number of hydrogen-bond donors (Lipinski definition) is 0. The molecule has 0 saturated heterocycles. The molecule has 0 N–H and O–H groups in total. The van der Waals surface area contributed by atoms with Crippen LogP contribution in [-0.4, -0.2) is 12.1 Å². The first kappa shape index (κ1) is 16.1. The molecule has 122 valence electrons. The van der Waals surface area contributed by atoms with Crippen molar-refractivity contribution in [3.05, 3.63) is 77.9 Å². The van der Waals surface area contributed by atoms with Crippen molar-refractivity contribution in [3.8, 4) is 5.75 Å². The number of benzene rings is 3. The summed E-state index contributed by atoms with van der Waals surface area (Å²) in [5.74, 6) is -0.506. The highest BCUT2D eigenvalue weighted by atomic mass is 19.4. The molecular weight excluding hydrogens is 317 g/mol. The quantitative estimate of drug-likeness (QED) is 0.617. The van der Waals surface area contributed by atoms with Gasteiger partial charge in [0.1, 0.15) is 5.75 Å². The fourth-order valence-electron chi connectivity index (χ4n) is 2.48. The monoisotopic (exact) mass is 330 g/mol. The number of rotatable bonds is 4. The fourth-order valence-corrected chi connectivity index (χ4v) is 2.48. The smallest absolute Gasteiger partial charge is 0.406 e. The van der Waals surface area contributed by atoms with Gasteiger partial charge in [0.25, 0.3) is 0 Å². The van der Waals surface area contributed by atoms with Crippen LogP contribution in [-0.2, 0) is 6.42 Å². The van der Waals surface area contributed by atoms with Gasteiger partial charge in [-0.15, -0.1) is 13.2 Å². The lowest BCUT2D eigenvalue weighted by molar-refractivity contribution is -0.274. The summed E-state index contributed by atoms with van der Waals surface area (Å²) in [6, 6.07) is 18.5. The van der Waals surface area contributed by atoms with E-state index in [9.17, 15) is 18.0 Å². The third-order valence-corrected chi connectivity index (χ3v) is 3.59. The van der Waals surface area contributed by atoms with Gasteiger partial charge in [-0.05, 0) is 40.6 Å². The second kappa shape index (κ2) is 6.35. The Bertz CT molecular complexity index is 868. The van der Waals surface area contributed by atoms with Gasteiger partial charge in [0.2, 0.25) is 0 Å². The molecule has 5 heteroatoms. The van der Waals surface area contributed by atoms with Crippen molar-refractivity contribution in [1.82, 2.24) is 0 Å². The molecule has 0 atom stereocenters. The Hall–Kier alpha value is -2.82. The predicted octanol–water partition coefficient (Wildman–Crippen LogP) is 5.16. The first-order chi connectivity index (χ1) is 11.4. The summed E-state index contributed by atoms with van der Waals surface area (Å²) in [5.41, 5.74) is 1.20. The topological polar surface area (TPSA) is 26.3 Å². The van der Waals surface area contributed by atoms with E-state index in [4.69, 9.17) is 0 Å². The van der Waals surface area contributed by atoms with Crippen LogP contribution in [0.2, 0.25) is 0 Å². The Morgan fingerprint density at radius 1 is 0.875 bits per heavy atom. The van der Waals surface area contributed by atoms with Crippen molar-refractivity contribution < 1.29 is 22.7 Å². The highest BCUT2D eigenvalue weighted by Gasteiger charge is 2.31. The van der Waals surface area contributed by atoms with Crippen molar-refractivity contribution in [2.75, 3.05) is 0 Å². The number of fused-ring (bicyclic) bond motifs is 1. The third-order valence-electron chi connectivity index (χ3n) is 3.59. The minimum Gasteiger partial charge on any atom is -0.406 e. The van der Waals surface area contributed by atoms with Gasteiger partial charge < -0.3 is 4.74 Å². The van der Waals surface area contributed by atoms with E-state index in [0.717, 1.165) is 28.5 Å². The molecule has 0 radical (unpaired) electrons. The predicted molar refractivity (Wildman–Crippen MR) is 85.1 cm³/mol. The van der Waals surface area contributed by atoms with Crippen LogP contribution >= 0.6 is 0 Å². The molecule has 0 amide bonds. The first-order valence-electron chi connectivity index (χ1n) is 7.27. The molecule has 0 aliphatic heterocycles. The van der Waals surface area contributed by atoms with Gasteiger partial charge in [0, 0.05) is 12.0 Å². The molecule has 0 saturated carbocycles. The zero-order valence-electron chi connectivity index (χ0n) is 12.5. The van der Waals surface area contributed by atoms with Gasteiger partial charge in [-0.3, -0.25) is 4.79 Å². The number of halogens is 3. The zero-order valence-corrected chi connectivity index (χ0v) is 12.5. The SMILES string of the molecule is O=C(Cc1ccc2ccccc2c1)c1ccc(OC(F)(F)F)cc1. The van der Waals surface area contributed by atoms with Crippen LogP contribution in [0, 0.1) is 0 Å². The summed E-state index contributed by atoms with van der Waals surface area (Å²) < 4.78 is 40.2. The number of ketones is 1. The fraction of sp³-hybridized carbons (Fsp3) is 0.105. The van der Waals surface area contributed by atoms with Crippen LogP contribution in [0.4, 0.5) is 13.2 Å². The maximum Gasteiger partial charge on any atom is 0.573 e. The summed E-state index contributed by atoms with van der Waals surface area (Å²) in [7, 11) is 0. The molecule has 24 heavy (non-hydrogen) atoms. The van der Waals surface area contributed by atoms with Gasteiger partial charge in [-0.1, -0.05) is 42.5 Å². The van der Waals surface area contributed by atoms with Crippen LogP contribution in [0.25, 0.3) is 10.8 Å². The molecule has 0 aromatic heterocycles. The highest BCUT2D eigenvalue weighted by Crippen LogP contribution is 2.23. The van der Waals surface area contributed by atoms with E-state index < -0.39 is 6.36 Å². The molecule has 3 aromatic rings. The molecule has 0 aliphatic carbocycles. The largest absolute Gasteiger partial charge is 0.573 e. The lowest BCUT2D eigenvalue weighted by Gasteiger charge is -2.09. The number of ether oxygens (including phenoxy) is 1. The lowest BCUT2D eigenvalue weighted by Crippen LogP contribution is -2.17. The molecule has 0 heterocycles. The second-order valence-corrected chi connectivity index (χ2v) is 5.35. The van der Waals surface area contributed by atoms with E-state index in [0.29, 0.717) is 5.56 Å². The molecule has 0 bridgehead atoms. The summed E-state index contributed by atoms with van der Waals surface area (Å²) in [6.45, 7) is 0.